The van der Waals surface area contributed by atoms with E-state index in [4.69, 9.17) is 9.47 Å². The first-order valence-electron chi connectivity index (χ1n) is 11.2. The van der Waals surface area contributed by atoms with Gasteiger partial charge < -0.3 is 14.4 Å². The van der Waals surface area contributed by atoms with E-state index in [0.717, 1.165) is 70.2 Å². The van der Waals surface area contributed by atoms with Crippen molar-refractivity contribution < 1.29 is 14.3 Å². The van der Waals surface area contributed by atoms with Crippen LogP contribution in [0, 0.1) is 12.8 Å². The van der Waals surface area contributed by atoms with Gasteiger partial charge in [0.25, 0.3) is 5.91 Å². The van der Waals surface area contributed by atoms with Gasteiger partial charge >= 0.3 is 0 Å². The summed E-state index contributed by atoms with van der Waals surface area (Å²) in [6, 6.07) is 8.24. The molecule has 0 unspecified atom stereocenters. The fraction of sp³-hybridized carbons (Fsp3) is 0.500. The van der Waals surface area contributed by atoms with Crippen LogP contribution in [0.5, 0.6) is 11.5 Å². The fourth-order valence-electron chi connectivity index (χ4n) is 4.57. The summed E-state index contributed by atoms with van der Waals surface area (Å²) in [6.07, 6.45) is 2.87. The van der Waals surface area contributed by atoms with E-state index >= 15 is 0 Å². The zero-order valence-corrected chi connectivity index (χ0v) is 19.2. The number of amides is 1. The van der Waals surface area contributed by atoms with Gasteiger partial charge in [-0.05, 0) is 49.4 Å². The summed E-state index contributed by atoms with van der Waals surface area (Å²) < 4.78 is 13.7. The highest BCUT2D eigenvalue weighted by Crippen LogP contribution is 2.39. The minimum Gasteiger partial charge on any atom is -0.490 e. The number of fused-ring (bicyclic) bond motifs is 2. The quantitative estimate of drug-likeness (QED) is 0.561. The lowest BCUT2D eigenvalue weighted by molar-refractivity contribution is 0.0740. The summed E-state index contributed by atoms with van der Waals surface area (Å²) in [5.74, 6) is 2.21. The number of thiophene rings is 1. The molecule has 2 aliphatic heterocycles. The number of carbonyl (C=O) groups excluding carboxylic acids is 1. The molecular weight excluding hydrogens is 410 g/mol. The van der Waals surface area contributed by atoms with Gasteiger partial charge in [-0.25, -0.2) is 0 Å². The van der Waals surface area contributed by atoms with E-state index in [1.54, 1.807) is 11.3 Å². The Morgan fingerprint density at radius 1 is 1.19 bits per heavy atom. The average Bonchev–Trinajstić information content (AvgIpc) is 3.41. The molecule has 2 aromatic heterocycles. The maximum Gasteiger partial charge on any atom is 0.264 e. The number of likely N-dealkylation sites (tertiary alicyclic amines) is 1. The van der Waals surface area contributed by atoms with E-state index < -0.39 is 0 Å². The van der Waals surface area contributed by atoms with E-state index in [-0.39, 0.29) is 11.9 Å². The minimum atomic E-state index is 0.0723. The van der Waals surface area contributed by atoms with Crippen molar-refractivity contribution in [3.8, 4) is 11.5 Å². The highest BCUT2D eigenvalue weighted by molar-refractivity contribution is 7.20. The van der Waals surface area contributed by atoms with Gasteiger partial charge in [0.05, 0.1) is 29.8 Å². The maximum absolute atomic E-state index is 13.5. The normalized spacial score (nSPS) is 18.7. The van der Waals surface area contributed by atoms with E-state index in [0.29, 0.717) is 19.1 Å². The van der Waals surface area contributed by atoms with E-state index in [9.17, 15) is 4.79 Å². The molecule has 31 heavy (non-hydrogen) atoms. The zero-order valence-electron chi connectivity index (χ0n) is 18.4. The number of aryl methyl sites for hydroxylation is 1. The molecule has 0 N–H and O–H groups in total. The Kier molecular flexibility index (Phi) is 5.38. The van der Waals surface area contributed by atoms with Crippen molar-refractivity contribution in [1.29, 1.82) is 0 Å². The van der Waals surface area contributed by atoms with Crippen LogP contribution in [0.1, 0.15) is 60.1 Å². The largest absolute Gasteiger partial charge is 0.490 e. The van der Waals surface area contributed by atoms with E-state index in [1.165, 1.54) is 0 Å². The molecule has 0 spiro atoms. The molecule has 1 saturated heterocycles. The summed E-state index contributed by atoms with van der Waals surface area (Å²) >= 11 is 1.57. The molecule has 0 saturated carbocycles. The smallest absolute Gasteiger partial charge is 0.264 e. The number of rotatable bonds is 4. The molecule has 6 nitrogen and oxygen atoms in total. The molecule has 0 aliphatic carbocycles. The van der Waals surface area contributed by atoms with Crippen LogP contribution in [0.2, 0.25) is 0 Å². The molecular formula is C24H29N3O3S. The van der Waals surface area contributed by atoms with Gasteiger partial charge in [0.2, 0.25) is 0 Å². The van der Waals surface area contributed by atoms with Crippen LogP contribution in [-0.4, -0.2) is 40.3 Å². The summed E-state index contributed by atoms with van der Waals surface area (Å²) in [7, 11) is 0. The second kappa shape index (κ2) is 8.19. The molecule has 1 amide bonds. The molecule has 1 fully saturated rings. The number of benzene rings is 1. The molecule has 2 aliphatic rings. The molecule has 0 bridgehead atoms. The van der Waals surface area contributed by atoms with Crippen LogP contribution in [-0.2, 0) is 6.54 Å². The van der Waals surface area contributed by atoms with Crippen molar-refractivity contribution in [3.05, 3.63) is 40.4 Å². The van der Waals surface area contributed by atoms with Gasteiger partial charge in [-0.2, -0.15) is 5.10 Å². The summed E-state index contributed by atoms with van der Waals surface area (Å²) in [5.41, 5.74) is 2.12. The number of carbonyl (C=O) groups is 1. The Morgan fingerprint density at radius 3 is 2.81 bits per heavy atom. The van der Waals surface area contributed by atoms with Crippen LogP contribution in [0.25, 0.3) is 10.2 Å². The second-order valence-electron chi connectivity index (χ2n) is 8.90. The van der Waals surface area contributed by atoms with Crippen LogP contribution in [0.3, 0.4) is 0 Å². The SMILES string of the molecule is Cc1nn(CC(C)C)c2sc(C(=O)N3CCC[C@H]3c3ccc4c(c3)OCCCO4)cc12. The van der Waals surface area contributed by atoms with Gasteiger partial charge in [-0.1, -0.05) is 19.9 Å². The van der Waals surface area contributed by atoms with Crippen LogP contribution in [0.15, 0.2) is 24.3 Å². The monoisotopic (exact) mass is 439 g/mol. The van der Waals surface area contributed by atoms with Crippen molar-refractivity contribution in [3.63, 3.8) is 0 Å². The third kappa shape index (κ3) is 3.80. The molecule has 1 atom stereocenters. The molecule has 5 rings (SSSR count). The fourth-order valence-corrected chi connectivity index (χ4v) is 5.70. The first-order chi connectivity index (χ1) is 15.0. The molecule has 164 valence electrons. The number of hydrogen-bond donors (Lipinski definition) is 0. The van der Waals surface area contributed by atoms with Crippen molar-refractivity contribution in [2.24, 2.45) is 5.92 Å². The topological polar surface area (TPSA) is 56.6 Å². The lowest BCUT2D eigenvalue weighted by atomic mass is 10.0. The number of nitrogens with zero attached hydrogens (tertiary/aromatic N) is 3. The Labute approximate surface area is 186 Å². The summed E-state index contributed by atoms with van der Waals surface area (Å²) in [5, 5.41) is 5.77. The predicted molar refractivity (Wildman–Crippen MR) is 122 cm³/mol. The highest BCUT2D eigenvalue weighted by Gasteiger charge is 2.32. The summed E-state index contributed by atoms with van der Waals surface area (Å²) in [6.45, 7) is 9.39. The summed E-state index contributed by atoms with van der Waals surface area (Å²) in [4.78, 5) is 17.5. The molecule has 0 radical (unpaired) electrons. The van der Waals surface area contributed by atoms with Crippen molar-refractivity contribution in [2.45, 2.75) is 52.6 Å². The third-order valence-corrected chi connectivity index (χ3v) is 7.16. The predicted octanol–water partition coefficient (Wildman–Crippen LogP) is 5.20. The highest BCUT2D eigenvalue weighted by atomic mass is 32.1. The Morgan fingerprint density at radius 2 is 2.00 bits per heavy atom. The first kappa shape index (κ1) is 20.4. The van der Waals surface area contributed by atoms with E-state index in [2.05, 4.69) is 35.8 Å². The van der Waals surface area contributed by atoms with Gasteiger partial charge in [0.15, 0.2) is 11.5 Å². The second-order valence-corrected chi connectivity index (χ2v) is 9.93. The van der Waals surface area contributed by atoms with Crippen LogP contribution >= 0.6 is 11.3 Å². The molecule has 1 aromatic carbocycles. The molecule has 3 aromatic rings. The van der Waals surface area contributed by atoms with Crippen LogP contribution < -0.4 is 9.47 Å². The van der Waals surface area contributed by atoms with Gasteiger partial charge in [0.1, 0.15) is 4.83 Å². The molecule has 4 heterocycles. The standard InChI is InChI=1S/C24H29N3O3S/c1-15(2)14-27-24-18(16(3)25-27)13-22(31-24)23(28)26-9-4-6-19(26)17-7-8-20-21(12-17)30-11-5-10-29-20/h7-8,12-13,15,19H,4-6,9-11,14H2,1-3H3/t19-/m0/s1. The van der Waals surface area contributed by atoms with Crippen LogP contribution in [0.4, 0.5) is 0 Å². The van der Waals surface area contributed by atoms with Gasteiger partial charge in [-0.15, -0.1) is 11.3 Å². The van der Waals surface area contributed by atoms with Crippen molar-refractivity contribution >= 4 is 27.5 Å². The average molecular weight is 440 g/mol. The van der Waals surface area contributed by atoms with Gasteiger partial charge in [0, 0.05) is 24.9 Å². The zero-order chi connectivity index (χ0) is 21.5. The molecule has 7 heteroatoms. The third-order valence-electron chi connectivity index (χ3n) is 6.03. The lowest BCUT2D eigenvalue weighted by Gasteiger charge is -2.25. The van der Waals surface area contributed by atoms with Crippen molar-refractivity contribution in [1.82, 2.24) is 14.7 Å². The Hall–Kier alpha value is -2.54. The Balaban J connectivity index is 1.43. The van der Waals surface area contributed by atoms with E-state index in [1.807, 2.05) is 24.0 Å². The lowest BCUT2D eigenvalue weighted by Crippen LogP contribution is -2.30. The maximum atomic E-state index is 13.5. The Bertz CT molecular complexity index is 1120. The van der Waals surface area contributed by atoms with Gasteiger partial charge in [-0.3, -0.25) is 9.48 Å². The minimum absolute atomic E-state index is 0.0723. The first-order valence-corrected chi connectivity index (χ1v) is 12.0. The number of aromatic nitrogens is 2. The van der Waals surface area contributed by atoms with Crippen molar-refractivity contribution in [2.75, 3.05) is 19.8 Å². The number of ether oxygens (including phenoxy) is 2. The number of hydrogen-bond acceptors (Lipinski definition) is 5.